The lowest BCUT2D eigenvalue weighted by Crippen LogP contribution is -1.91. The predicted octanol–water partition coefficient (Wildman–Crippen LogP) is -0.671. The Bertz CT molecular complexity index is 174. The average molecular weight is 173 g/mol. The Hall–Kier alpha value is -0.890. The molecule has 62 valence electrons. The van der Waals surface area contributed by atoms with Crippen LogP contribution in [0.25, 0.3) is 0 Å². The molecule has 0 heterocycles. The minimum absolute atomic E-state index is 0.715. The van der Waals surface area contributed by atoms with Gasteiger partial charge >= 0.3 is 0 Å². The van der Waals surface area contributed by atoms with Crippen molar-refractivity contribution >= 4 is 10.1 Å². The Labute approximate surface area is 57.5 Å². The van der Waals surface area contributed by atoms with Gasteiger partial charge in [0.1, 0.15) is 0 Å². The van der Waals surface area contributed by atoms with Crippen LogP contribution in [0.15, 0.2) is 0 Å². The van der Waals surface area contributed by atoms with Gasteiger partial charge in [-0.25, -0.2) is 0 Å². The fraction of sp³-hybridized carbons (Fsp3) is 1.00. The molecule has 0 atom stereocenters. The molecule has 0 aliphatic carbocycles. The van der Waals surface area contributed by atoms with E-state index in [0.717, 1.165) is 7.11 Å². The molecule has 0 saturated carbocycles. The molecule has 0 aliphatic heterocycles. The monoisotopic (exact) mass is 173 g/mol. The van der Waals surface area contributed by atoms with Crippen LogP contribution in [0, 0.1) is 10.1 Å². The highest BCUT2D eigenvalue weighted by Gasteiger charge is 1.81. The van der Waals surface area contributed by atoms with Crippen molar-refractivity contribution < 1.29 is 22.9 Å². The van der Waals surface area contributed by atoms with Gasteiger partial charge in [0.15, 0.2) is 0 Å². The van der Waals surface area contributed by atoms with E-state index in [0.29, 0.717) is 6.26 Å². The van der Waals surface area contributed by atoms with Gasteiger partial charge in [-0.1, -0.05) is 0 Å². The van der Waals surface area contributed by atoms with Crippen molar-refractivity contribution in [3.8, 4) is 0 Å². The van der Waals surface area contributed by atoms with Gasteiger partial charge in [-0.05, 0) is 0 Å². The van der Waals surface area contributed by atoms with Crippen molar-refractivity contribution in [2.24, 2.45) is 0 Å². The third-order valence-electron chi connectivity index (χ3n) is 0.149. The van der Waals surface area contributed by atoms with Crippen LogP contribution in [0.5, 0.6) is 0 Å². The first-order valence-electron chi connectivity index (χ1n) is 1.88. The van der Waals surface area contributed by atoms with Crippen molar-refractivity contribution in [2.75, 3.05) is 13.4 Å². The average Bonchev–Trinajstić information content (AvgIpc) is 1.61. The van der Waals surface area contributed by atoms with E-state index in [2.05, 4.69) is 4.84 Å². The third-order valence-corrected chi connectivity index (χ3v) is 0.149. The number of rotatable bonds is 1. The molecule has 0 amide bonds. The second kappa shape index (κ2) is 4.94. The summed E-state index contributed by atoms with van der Waals surface area (Å²) in [6.45, 7) is 0. The lowest BCUT2D eigenvalue weighted by molar-refractivity contribution is -0.749. The summed E-state index contributed by atoms with van der Waals surface area (Å²) in [4.78, 5) is 12.4. The minimum Gasteiger partial charge on any atom is -0.317 e. The van der Waals surface area contributed by atoms with Crippen LogP contribution in [-0.2, 0) is 15.0 Å². The summed E-state index contributed by atoms with van der Waals surface area (Å²) >= 11 is 0. The van der Waals surface area contributed by atoms with Crippen LogP contribution >= 0.6 is 0 Å². The molecule has 0 aliphatic rings. The lowest BCUT2D eigenvalue weighted by atomic mass is 11.7. The van der Waals surface area contributed by atoms with Crippen molar-refractivity contribution in [1.29, 1.82) is 0 Å². The molecule has 0 bridgehead atoms. The zero-order valence-electron chi connectivity index (χ0n) is 5.34. The van der Waals surface area contributed by atoms with Crippen molar-refractivity contribution in [3.05, 3.63) is 10.1 Å². The second-order valence-electron chi connectivity index (χ2n) is 1.14. The van der Waals surface area contributed by atoms with E-state index < -0.39 is 15.2 Å². The van der Waals surface area contributed by atoms with Crippen LogP contribution in [-0.4, -0.2) is 31.4 Å². The molecule has 0 aromatic heterocycles. The van der Waals surface area contributed by atoms with Crippen molar-refractivity contribution in [2.45, 2.75) is 0 Å². The van der Waals surface area contributed by atoms with E-state index in [1.807, 2.05) is 0 Å². The van der Waals surface area contributed by atoms with Crippen molar-refractivity contribution in [1.82, 2.24) is 0 Å². The number of hydrogen-bond acceptors (Lipinski definition) is 5. The number of hydrogen-bond donors (Lipinski definition) is 1. The first-order valence-corrected chi connectivity index (χ1v) is 3.73. The molecule has 7 nitrogen and oxygen atoms in total. The van der Waals surface area contributed by atoms with Gasteiger partial charge in [0, 0.05) is 0 Å². The zero-order valence-corrected chi connectivity index (χ0v) is 6.16. The molecular formula is C2H7NO6S. The van der Waals surface area contributed by atoms with Gasteiger partial charge in [-0.3, -0.25) is 4.55 Å². The topological polar surface area (TPSA) is 107 Å². The van der Waals surface area contributed by atoms with Crippen LogP contribution in [0.2, 0.25) is 0 Å². The molecule has 0 spiro atoms. The Balaban J connectivity index is 0. The van der Waals surface area contributed by atoms with E-state index in [1.165, 1.54) is 0 Å². The molecule has 0 fully saturated rings. The molecule has 0 aromatic carbocycles. The maximum absolute atomic E-state index is 9.19. The lowest BCUT2D eigenvalue weighted by Gasteiger charge is -1.75. The Morgan fingerprint density at radius 3 is 1.70 bits per heavy atom. The third kappa shape index (κ3) is 215. The van der Waals surface area contributed by atoms with Crippen molar-refractivity contribution in [3.63, 3.8) is 0 Å². The molecule has 0 saturated heterocycles. The smallest absolute Gasteiger partial charge is 0.294 e. The SMILES string of the molecule is CO[N+](=O)[O-].CS(=O)(=O)O. The normalized spacial score (nSPS) is 9.10. The van der Waals surface area contributed by atoms with E-state index >= 15 is 0 Å². The van der Waals surface area contributed by atoms with Gasteiger partial charge in [0.05, 0.1) is 13.4 Å². The van der Waals surface area contributed by atoms with Crippen LogP contribution in [0.4, 0.5) is 0 Å². The summed E-state index contributed by atoms with van der Waals surface area (Å²) in [6, 6.07) is 0. The predicted molar refractivity (Wildman–Crippen MR) is 31.5 cm³/mol. The molecule has 1 N–H and O–H groups in total. The maximum Gasteiger partial charge on any atom is 0.294 e. The summed E-state index contributed by atoms with van der Waals surface area (Å²) in [7, 11) is -2.67. The van der Waals surface area contributed by atoms with Crippen LogP contribution in [0.3, 0.4) is 0 Å². The number of nitrogens with zero attached hydrogens (tertiary/aromatic N) is 1. The van der Waals surface area contributed by atoms with Gasteiger partial charge in [-0.15, -0.1) is 10.1 Å². The Kier molecular flexibility index (Phi) is 5.86. The first kappa shape index (κ1) is 11.9. The standard InChI is InChI=1S/CH3NO3.CH4O3S/c1-5-2(3)4;1-5(2,3)4/h1H3;1H3,(H,2,3,4). The van der Waals surface area contributed by atoms with Gasteiger partial charge in [0.25, 0.3) is 15.2 Å². The summed E-state index contributed by atoms with van der Waals surface area (Å²) in [6.07, 6.45) is 0.715. The Morgan fingerprint density at radius 1 is 1.60 bits per heavy atom. The van der Waals surface area contributed by atoms with Gasteiger partial charge < -0.3 is 4.84 Å². The van der Waals surface area contributed by atoms with Crippen LogP contribution < -0.4 is 0 Å². The molecule has 10 heavy (non-hydrogen) atoms. The summed E-state index contributed by atoms with van der Waals surface area (Å²) in [5.41, 5.74) is 0. The summed E-state index contributed by atoms with van der Waals surface area (Å²) in [5.74, 6) is 0. The molecule has 0 aromatic rings. The van der Waals surface area contributed by atoms with E-state index in [9.17, 15) is 8.42 Å². The second-order valence-corrected chi connectivity index (χ2v) is 2.61. The first-order chi connectivity index (χ1) is 4.27. The van der Waals surface area contributed by atoms with E-state index in [1.54, 1.807) is 0 Å². The molecule has 0 radical (unpaired) electrons. The highest BCUT2D eigenvalue weighted by atomic mass is 32.2. The fourth-order valence-corrected chi connectivity index (χ4v) is 0. The Morgan fingerprint density at radius 2 is 1.70 bits per heavy atom. The fourth-order valence-electron chi connectivity index (χ4n) is 0. The molecule has 0 rings (SSSR count). The highest BCUT2D eigenvalue weighted by molar-refractivity contribution is 7.85. The maximum atomic E-state index is 9.19. The summed E-state index contributed by atoms with van der Waals surface area (Å²) < 4.78 is 25.9. The summed E-state index contributed by atoms with van der Waals surface area (Å²) in [5, 5.41) is 8.08. The quantitative estimate of drug-likeness (QED) is 0.320. The van der Waals surface area contributed by atoms with E-state index in [4.69, 9.17) is 14.7 Å². The molecule has 8 heteroatoms. The minimum atomic E-state index is -3.67. The molecule has 0 unspecified atom stereocenters. The van der Waals surface area contributed by atoms with E-state index in [-0.39, 0.29) is 0 Å². The largest absolute Gasteiger partial charge is 0.317 e. The molecular weight excluding hydrogens is 166 g/mol. The zero-order chi connectivity index (χ0) is 8.78. The van der Waals surface area contributed by atoms with Gasteiger partial charge in [0.2, 0.25) is 0 Å². The van der Waals surface area contributed by atoms with Gasteiger partial charge in [-0.2, -0.15) is 8.42 Å². The highest BCUT2D eigenvalue weighted by Crippen LogP contribution is 1.60. The van der Waals surface area contributed by atoms with Crippen LogP contribution in [0.1, 0.15) is 0 Å².